The van der Waals surface area contributed by atoms with Crippen LogP contribution >= 0.6 is 0 Å². The molecule has 0 fully saturated rings. The standard InChI is InChI=1S/C20H22N2O4/c1-3-7-20(2,19(24)25)22-18(23)16-10-15(11-21-12-16)13-4-5-17-14(9-13)6-8-26-17/h4-5,9-12H,3,6-8H2,1-2H3,(H,22,23)(H,24,25). The lowest BCUT2D eigenvalue weighted by Crippen LogP contribution is -2.52. The van der Waals surface area contributed by atoms with E-state index in [1.54, 1.807) is 12.3 Å². The fourth-order valence-electron chi connectivity index (χ4n) is 3.13. The number of aromatic nitrogens is 1. The number of benzene rings is 1. The zero-order chi connectivity index (χ0) is 18.7. The fraction of sp³-hybridized carbons (Fsp3) is 0.350. The maximum atomic E-state index is 12.6. The van der Waals surface area contributed by atoms with E-state index in [-0.39, 0.29) is 0 Å². The lowest BCUT2D eigenvalue weighted by molar-refractivity contribution is -0.144. The molecule has 1 atom stereocenters. The van der Waals surface area contributed by atoms with Crippen LogP contribution in [0.3, 0.4) is 0 Å². The molecule has 1 aromatic heterocycles. The summed E-state index contributed by atoms with van der Waals surface area (Å²) in [6.45, 7) is 4.09. The Morgan fingerprint density at radius 2 is 2.08 bits per heavy atom. The van der Waals surface area contributed by atoms with Crippen molar-refractivity contribution in [3.63, 3.8) is 0 Å². The molecular weight excluding hydrogens is 332 g/mol. The van der Waals surface area contributed by atoms with Gasteiger partial charge in [-0.05, 0) is 42.7 Å². The Hall–Kier alpha value is -2.89. The van der Waals surface area contributed by atoms with Crippen molar-refractivity contribution in [2.24, 2.45) is 0 Å². The molecule has 0 saturated carbocycles. The minimum atomic E-state index is -1.30. The first-order valence-electron chi connectivity index (χ1n) is 8.70. The number of ether oxygens (including phenoxy) is 1. The summed E-state index contributed by atoms with van der Waals surface area (Å²) >= 11 is 0. The SMILES string of the molecule is CCCC(C)(NC(=O)c1cncc(-c2ccc3c(c2)CCO3)c1)C(=O)O. The molecule has 1 aliphatic rings. The van der Waals surface area contributed by atoms with Crippen molar-refractivity contribution in [1.29, 1.82) is 0 Å². The van der Waals surface area contributed by atoms with Gasteiger partial charge in [-0.15, -0.1) is 0 Å². The van der Waals surface area contributed by atoms with E-state index in [0.717, 1.165) is 28.9 Å². The molecule has 0 spiro atoms. The van der Waals surface area contributed by atoms with Gasteiger partial charge in [-0.25, -0.2) is 4.79 Å². The number of nitrogens with zero attached hydrogens (tertiary/aromatic N) is 1. The van der Waals surface area contributed by atoms with Gasteiger partial charge in [0.25, 0.3) is 5.91 Å². The third kappa shape index (κ3) is 3.54. The van der Waals surface area contributed by atoms with Crippen LogP contribution in [0.5, 0.6) is 5.75 Å². The van der Waals surface area contributed by atoms with E-state index in [2.05, 4.69) is 10.3 Å². The zero-order valence-corrected chi connectivity index (χ0v) is 14.9. The van der Waals surface area contributed by atoms with Crippen LogP contribution in [0, 0.1) is 0 Å². The normalized spacial score (nSPS) is 14.8. The number of pyridine rings is 1. The highest BCUT2D eigenvalue weighted by Gasteiger charge is 2.34. The molecular formula is C20H22N2O4. The molecule has 26 heavy (non-hydrogen) atoms. The number of carbonyl (C=O) groups is 2. The molecule has 136 valence electrons. The average molecular weight is 354 g/mol. The quantitative estimate of drug-likeness (QED) is 0.832. The van der Waals surface area contributed by atoms with E-state index in [9.17, 15) is 14.7 Å². The van der Waals surface area contributed by atoms with Gasteiger partial charge in [0.1, 0.15) is 11.3 Å². The van der Waals surface area contributed by atoms with Gasteiger partial charge >= 0.3 is 5.97 Å². The molecule has 1 amide bonds. The van der Waals surface area contributed by atoms with Crippen molar-refractivity contribution in [2.75, 3.05) is 6.61 Å². The van der Waals surface area contributed by atoms with Crippen LogP contribution in [0.1, 0.15) is 42.6 Å². The first-order valence-corrected chi connectivity index (χ1v) is 8.70. The van der Waals surface area contributed by atoms with Crippen LogP contribution in [0.25, 0.3) is 11.1 Å². The van der Waals surface area contributed by atoms with E-state index in [0.29, 0.717) is 25.0 Å². The Kier molecular flexibility index (Phi) is 4.93. The van der Waals surface area contributed by atoms with Crippen molar-refractivity contribution in [2.45, 2.75) is 38.6 Å². The summed E-state index contributed by atoms with van der Waals surface area (Å²) in [5.74, 6) is -0.593. The molecule has 3 rings (SSSR count). The van der Waals surface area contributed by atoms with Gasteiger partial charge in [0.15, 0.2) is 0 Å². The van der Waals surface area contributed by atoms with Crippen molar-refractivity contribution >= 4 is 11.9 Å². The van der Waals surface area contributed by atoms with Crippen LogP contribution in [-0.2, 0) is 11.2 Å². The van der Waals surface area contributed by atoms with Gasteiger partial charge in [0, 0.05) is 24.4 Å². The molecule has 2 heterocycles. The largest absolute Gasteiger partial charge is 0.493 e. The number of amides is 1. The summed E-state index contributed by atoms with van der Waals surface area (Å²) in [4.78, 5) is 28.3. The monoisotopic (exact) mass is 354 g/mol. The van der Waals surface area contributed by atoms with E-state index in [1.807, 2.05) is 25.1 Å². The highest BCUT2D eigenvalue weighted by molar-refractivity contribution is 5.98. The lowest BCUT2D eigenvalue weighted by atomic mass is 9.95. The van der Waals surface area contributed by atoms with Gasteiger partial charge < -0.3 is 15.2 Å². The Morgan fingerprint density at radius 3 is 2.81 bits per heavy atom. The summed E-state index contributed by atoms with van der Waals surface area (Å²) in [5, 5.41) is 12.1. The number of hydrogen-bond acceptors (Lipinski definition) is 4. The molecule has 2 N–H and O–H groups in total. The summed E-state index contributed by atoms with van der Waals surface area (Å²) in [5.41, 5.74) is 1.93. The summed E-state index contributed by atoms with van der Waals surface area (Å²) in [7, 11) is 0. The molecule has 1 aliphatic heterocycles. The van der Waals surface area contributed by atoms with Crippen LogP contribution < -0.4 is 10.1 Å². The van der Waals surface area contributed by atoms with Crippen LogP contribution in [0.2, 0.25) is 0 Å². The van der Waals surface area contributed by atoms with Crippen LogP contribution in [-0.4, -0.2) is 34.1 Å². The molecule has 0 aliphatic carbocycles. The Bertz CT molecular complexity index is 849. The van der Waals surface area contributed by atoms with Gasteiger partial charge in [-0.2, -0.15) is 0 Å². The van der Waals surface area contributed by atoms with Gasteiger partial charge in [-0.3, -0.25) is 9.78 Å². The zero-order valence-electron chi connectivity index (χ0n) is 14.9. The summed E-state index contributed by atoms with van der Waals surface area (Å²) in [6, 6.07) is 7.63. The van der Waals surface area contributed by atoms with Crippen LogP contribution in [0.15, 0.2) is 36.7 Å². The van der Waals surface area contributed by atoms with E-state index < -0.39 is 17.4 Å². The van der Waals surface area contributed by atoms with Crippen molar-refractivity contribution in [3.8, 4) is 16.9 Å². The maximum Gasteiger partial charge on any atom is 0.329 e. The number of carbonyl (C=O) groups excluding carboxylic acids is 1. The topological polar surface area (TPSA) is 88.5 Å². The van der Waals surface area contributed by atoms with Crippen LogP contribution in [0.4, 0.5) is 0 Å². The predicted octanol–water partition coefficient (Wildman–Crippen LogP) is 3.06. The molecule has 0 bridgehead atoms. The second-order valence-electron chi connectivity index (χ2n) is 6.72. The van der Waals surface area contributed by atoms with E-state index >= 15 is 0 Å². The molecule has 0 radical (unpaired) electrons. The molecule has 6 nitrogen and oxygen atoms in total. The summed E-state index contributed by atoms with van der Waals surface area (Å²) in [6.07, 6.45) is 5.01. The molecule has 1 unspecified atom stereocenters. The number of nitrogens with one attached hydrogen (secondary N) is 1. The Balaban J connectivity index is 1.85. The number of carboxylic acids is 1. The number of aliphatic carboxylic acids is 1. The number of hydrogen-bond donors (Lipinski definition) is 2. The average Bonchev–Trinajstić information content (AvgIpc) is 3.09. The lowest BCUT2D eigenvalue weighted by Gasteiger charge is -2.25. The minimum absolute atomic E-state index is 0.336. The second-order valence-corrected chi connectivity index (χ2v) is 6.72. The second kappa shape index (κ2) is 7.15. The molecule has 0 saturated heterocycles. The third-order valence-corrected chi connectivity index (χ3v) is 4.63. The first kappa shape index (κ1) is 17.9. The fourth-order valence-corrected chi connectivity index (χ4v) is 3.13. The smallest absolute Gasteiger partial charge is 0.329 e. The molecule has 2 aromatic rings. The highest BCUT2D eigenvalue weighted by atomic mass is 16.5. The van der Waals surface area contributed by atoms with E-state index in [4.69, 9.17) is 4.74 Å². The van der Waals surface area contributed by atoms with Crippen molar-refractivity contribution in [1.82, 2.24) is 10.3 Å². The number of carboxylic acid groups (broad SMARTS) is 1. The Morgan fingerprint density at radius 1 is 1.27 bits per heavy atom. The van der Waals surface area contributed by atoms with Gasteiger partial charge in [-0.1, -0.05) is 19.4 Å². The van der Waals surface area contributed by atoms with E-state index in [1.165, 1.54) is 13.1 Å². The summed E-state index contributed by atoms with van der Waals surface area (Å²) < 4.78 is 5.52. The molecule has 6 heteroatoms. The minimum Gasteiger partial charge on any atom is -0.493 e. The highest BCUT2D eigenvalue weighted by Crippen LogP contribution is 2.30. The molecule has 1 aromatic carbocycles. The predicted molar refractivity (Wildman–Crippen MR) is 97.3 cm³/mol. The third-order valence-electron chi connectivity index (χ3n) is 4.63. The van der Waals surface area contributed by atoms with Gasteiger partial charge in [0.05, 0.1) is 12.2 Å². The van der Waals surface area contributed by atoms with Crippen molar-refractivity contribution in [3.05, 3.63) is 47.8 Å². The first-order chi connectivity index (χ1) is 12.4. The Labute approximate surface area is 152 Å². The maximum absolute atomic E-state index is 12.6. The van der Waals surface area contributed by atoms with Gasteiger partial charge in [0.2, 0.25) is 0 Å². The number of fused-ring (bicyclic) bond motifs is 1. The van der Waals surface area contributed by atoms with Crippen molar-refractivity contribution < 1.29 is 19.4 Å². The number of rotatable bonds is 6.